The lowest BCUT2D eigenvalue weighted by Crippen LogP contribution is -2.20. The minimum absolute atomic E-state index is 0.00190. The molecule has 0 aliphatic carbocycles. The van der Waals surface area contributed by atoms with Crippen molar-refractivity contribution in [3.63, 3.8) is 0 Å². The number of Topliss-reactive ketones (excluding diaryl/α,β-unsaturated/α-hetero) is 1. The predicted molar refractivity (Wildman–Crippen MR) is 89.7 cm³/mol. The van der Waals surface area contributed by atoms with Gasteiger partial charge in [0.05, 0.1) is 5.69 Å². The molecule has 0 fully saturated rings. The quantitative estimate of drug-likeness (QED) is 0.623. The molecule has 1 amide bonds. The lowest BCUT2D eigenvalue weighted by molar-refractivity contribution is -0.118. The molecule has 0 aliphatic heterocycles. The van der Waals surface area contributed by atoms with Crippen LogP contribution in [0.2, 0.25) is 0 Å². The van der Waals surface area contributed by atoms with E-state index in [1.54, 1.807) is 24.3 Å². The Morgan fingerprint density at radius 2 is 1.76 bits per heavy atom. The second kappa shape index (κ2) is 7.21. The molecule has 0 heterocycles. The van der Waals surface area contributed by atoms with E-state index in [0.29, 0.717) is 11.3 Å². The minimum Gasteiger partial charge on any atom is -0.484 e. The normalized spacial score (nSPS) is 10.0. The maximum absolute atomic E-state index is 11.8. The van der Waals surface area contributed by atoms with E-state index in [2.05, 4.69) is 27.9 Å². The van der Waals surface area contributed by atoms with Crippen molar-refractivity contribution in [3.05, 3.63) is 57.7 Å². The molecule has 0 saturated carbocycles. The van der Waals surface area contributed by atoms with Crippen LogP contribution in [0.25, 0.3) is 0 Å². The molecule has 0 saturated heterocycles. The Hall–Kier alpha value is -1.89. The Morgan fingerprint density at radius 1 is 1.10 bits per heavy atom. The molecule has 4 nitrogen and oxygen atoms in total. The maximum Gasteiger partial charge on any atom is 0.262 e. The van der Waals surface area contributed by atoms with Crippen LogP contribution >= 0.6 is 22.6 Å². The van der Waals surface area contributed by atoms with Gasteiger partial charge in [0.15, 0.2) is 12.4 Å². The number of rotatable bonds is 5. The third-order valence-corrected chi connectivity index (χ3v) is 3.72. The zero-order valence-electron chi connectivity index (χ0n) is 11.4. The number of ketones is 1. The molecule has 2 aromatic carbocycles. The van der Waals surface area contributed by atoms with Crippen LogP contribution in [0.1, 0.15) is 17.3 Å². The Balaban J connectivity index is 1.89. The number of carbonyl (C=O) groups excluding carboxylic acids is 2. The number of benzene rings is 2. The molecule has 108 valence electrons. The van der Waals surface area contributed by atoms with E-state index in [1.165, 1.54) is 6.92 Å². The maximum atomic E-state index is 11.8. The molecular weight excluding hydrogens is 381 g/mol. The molecule has 21 heavy (non-hydrogen) atoms. The molecule has 2 rings (SSSR count). The molecule has 0 aromatic heterocycles. The first-order chi connectivity index (χ1) is 10.1. The molecule has 0 unspecified atom stereocenters. The summed E-state index contributed by atoms with van der Waals surface area (Å²) in [5.41, 5.74) is 1.38. The molecule has 0 bridgehead atoms. The fraction of sp³-hybridized carbons (Fsp3) is 0.125. The number of hydrogen-bond acceptors (Lipinski definition) is 3. The van der Waals surface area contributed by atoms with Crippen molar-refractivity contribution in [1.29, 1.82) is 0 Å². The van der Waals surface area contributed by atoms with Crippen molar-refractivity contribution >= 4 is 40.0 Å². The number of carbonyl (C=O) groups is 2. The van der Waals surface area contributed by atoms with Crippen molar-refractivity contribution in [2.75, 3.05) is 11.9 Å². The smallest absolute Gasteiger partial charge is 0.262 e. The summed E-state index contributed by atoms with van der Waals surface area (Å²) in [6, 6.07) is 14.2. The largest absolute Gasteiger partial charge is 0.484 e. The van der Waals surface area contributed by atoms with Gasteiger partial charge in [0.1, 0.15) is 5.75 Å². The van der Waals surface area contributed by atoms with E-state index in [4.69, 9.17) is 4.74 Å². The van der Waals surface area contributed by atoms with Gasteiger partial charge >= 0.3 is 0 Å². The van der Waals surface area contributed by atoms with E-state index in [0.717, 1.165) is 9.26 Å². The molecule has 5 heteroatoms. The third-order valence-electron chi connectivity index (χ3n) is 2.78. The van der Waals surface area contributed by atoms with Crippen molar-refractivity contribution in [2.45, 2.75) is 6.92 Å². The molecule has 0 aliphatic rings. The van der Waals surface area contributed by atoms with Crippen LogP contribution in [0.15, 0.2) is 48.5 Å². The standard InChI is InChI=1S/C16H14INO3/c1-11(19)12-6-8-13(9-7-12)21-10-16(20)18-15-5-3-2-4-14(15)17/h2-9H,10H2,1H3,(H,18,20). The van der Waals surface area contributed by atoms with Crippen LogP contribution in [-0.2, 0) is 4.79 Å². The molecule has 0 radical (unpaired) electrons. The van der Waals surface area contributed by atoms with Crippen molar-refractivity contribution in [3.8, 4) is 5.75 Å². The lowest BCUT2D eigenvalue weighted by Gasteiger charge is -2.09. The van der Waals surface area contributed by atoms with Gasteiger partial charge in [0.25, 0.3) is 5.91 Å². The first-order valence-electron chi connectivity index (χ1n) is 6.34. The second-order valence-corrected chi connectivity index (χ2v) is 5.56. The van der Waals surface area contributed by atoms with Gasteiger partial charge in [-0.25, -0.2) is 0 Å². The number of ether oxygens (including phenoxy) is 1. The summed E-state index contributed by atoms with van der Waals surface area (Å²) in [4.78, 5) is 23.0. The SMILES string of the molecule is CC(=O)c1ccc(OCC(=O)Nc2ccccc2I)cc1. The first kappa shape index (κ1) is 15.5. The van der Waals surface area contributed by atoms with Gasteiger partial charge in [-0.05, 0) is 65.9 Å². The van der Waals surface area contributed by atoms with Crippen molar-refractivity contribution in [1.82, 2.24) is 0 Å². The summed E-state index contributed by atoms with van der Waals surface area (Å²) in [6.07, 6.45) is 0. The van der Waals surface area contributed by atoms with E-state index in [9.17, 15) is 9.59 Å². The van der Waals surface area contributed by atoms with E-state index < -0.39 is 0 Å². The molecule has 1 N–H and O–H groups in total. The number of nitrogens with one attached hydrogen (secondary N) is 1. The van der Waals surface area contributed by atoms with Crippen LogP contribution in [0.4, 0.5) is 5.69 Å². The van der Waals surface area contributed by atoms with Crippen molar-refractivity contribution in [2.24, 2.45) is 0 Å². The van der Waals surface area contributed by atoms with Gasteiger partial charge in [-0.15, -0.1) is 0 Å². The van der Waals surface area contributed by atoms with E-state index in [1.807, 2.05) is 24.3 Å². The topological polar surface area (TPSA) is 55.4 Å². The minimum atomic E-state index is -0.227. The Morgan fingerprint density at radius 3 is 2.38 bits per heavy atom. The van der Waals surface area contributed by atoms with E-state index in [-0.39, 0.29) is 18.3 Å². The molecular formula is C16H14INO3. The Kier molecular flexibility index (Phi) is 5.32. The van der Waals surface area contributed by atoms with Gasteiger partial charge < -0.3 is 10.1 Å². The highest BCUT2D eigenvalue weighted by atomic mass is 127. The summed E-state index contributed by atoms with van der Waals surface area (Å²) in [6.45, 7) is 1.43. The van der Waals surface area contributed by atoms with Crippen LogP contribution in [0, 0.1) is 3.57 Å². The summed E-state index contributed by atoms with van der Waals surface area (Å²) < 4.78 is 6.36. The lowest BCUT2D eigenvalue weighted by atomic mass is 10.1. The fourth-order valence-corrected chi connectivity index (χ4v) is 2.21. The monoisotopic (exact) mass is 395 g/mol. The van der Waals surface area contributed by atoms with Crippen molar-refractivity contribution < 1.29 is 14.3 Å². The zero-order valence-corrected chi connectivity index (χ0v) is 13.6. The molecule has 0 atom stereocenters. The van der Waals surface area contributed by atoms with Gasteiger partial charge in [-0.2, -0.15) is 0 Å². The van der Waals surface area contributed by atoms with Gasteiger partial charge in [-0.1, -0.05) is 12.1 Å². The van der Waals surface area contributed by atoms with Crippen LogP contribution in [0.3, 0.4) is 0 Å². The molecule has 2 aromatic rings. The summed E-state index contributed by atoms with van der Waals surface area (Å²) >= 11 is 2.16. The first-order valence-corrected chi connectivity index (χ1v) is 7.42. The number of amides is 1. The van der Waals surface area contributed by atoms with Crippen LogP contribution in [0.5, 0.6) is 5.75 Å². The third kappa shape index (κ3) is 4.56. The Labute approximate surface area is 136 Å². The summed E-state index contributed by atoms with van der Waals surface area (Å²) in [5.74, 6) is 0.325. The number of halogens is 1. The molecule has 0 spiro atoms. The highest BCUT2D eigenvalue weighted by Gasteiger charge is 2.06. The average molecular weight is 395 g/mol. The summed E-state index contributed by atoms with van der Waals surface area (Å²) in [7, 11) is 0. The Bertz CT molecular complexity index is 653. The summed E-state index contributed by atoms with van der Waals surface area (Å²) in [5, 5.41) is 2.78. The van der Waals surface area contributed by atoms with Gasteiger partial charge in [0.2, 0.25) is 0 Å². The number of hydrogen-bond donors (Lipinski definition) is 1. The van der Waals surface area contributed by atoms with Gasteiger partial charge in [-0.3, -0.25) is 9.59 Å². The predicted octanol–water partition coefficient (Wildman–Crippen LogP) is 3.51. The highest BCUT2D eigenvalue weighted by Crippen LogP contribution is 2.17. The fourth-order valence-electron chi connectivity index (χ4n) is 1.68. The van der Waals surface area contributed by atoms with E-state index >= 15 is 0 Å². The van der Waals surface area contributed by atoms with Crippen LogP contribution in [-0.4, -0.2) is 18.3 Å². The van der Waals surface area contributed by atoms with Crippen LogP contribution < -0.4 is 10.1 Å². The highest BCUT2D eigenvalue weighted by molar-refractivity contribution is 14.1. The number of para-hydroxylation sites is 1. The zero-order chi connectivity index (χ0) is 15.2. The second-order valence-electron chi connectivity index (χ2n) is 4.40. The van der Waals surface area contributed by atoms with Gasteiger partial charge in [0, 0.05) is 9.13 Å². The average Bonchev–Trinajstić information content (AvgIpc) is 2.48. The number of anilines is 1.